The Hall–Kier alpha value is -1.04. The SMILES string of the molecule is CCN(CC)c1ccc(NC(=O)CC2CCNC2)cn1.Cl.Cl. The molecule has 126 valence electrons. The summed E-state index contributed by atoms with van der Waals surface area (Å²) < 4.78 is 0. The Morgan fingerprint density at radius 1 is 1.36 bits per heavy atom. The van der Waals surface area contributed by atoms with Crippen molar-refractivity contribution >= 4 is 42.2 Å². The summed E-state index contributed by atoms with van der Waals surface area (Å²) in [5.74, 6) is 1.50. The monoisotopic (exact) mass is 348 g/mol. The van der Waals surface area contributed by atoms with Crippen LogP contribution in [0.25, 0.3) is 0 Å². The smallest absolute Gasteiger partial charge is 0.224 e. The number of hydrogen-bond donors (Lipinski definition) is 2. The first-order valence-corrected chi connectivity index (χ1v) is 7.44. The largest absolute Gasteiger partial charge is 0.357 e. The van der Waals surface area contributed by atoms with Gasteiger partial charge in [0, 0.05) is 19.5 Å². The third-order valence-corrected chi connectivity index (χ3v) is 3.76. The minimum atomic E-state index is 0. The highest BCUT2D eigenvalue weighted by Crippen LogP contribution is 2.16. The van der Waals surface area contributed by atoms with Crippen molar-refractivity contribution in [2.45, 2.75) is 26.7 Å². The molecule has 1 fully saturated rings. The molecule has 1 aromatic heterocycles. The van der Waals surface area contributed by atoms with Gasteiger partial charge in [0.05, 0.1) is 11.9 Å². The van der Waals surface area contributed by atoms with Gasteiger partial charge in [-0.15, -0.1) is 24.8 Å². The summed E-state index contributed by atoms with van der Waals surface area (Å²) in [5, 5.41) is 6.20. The first-order valence-electron chi connectivity index (χ1n) is 7.44. The standard InChI is InChI=1S/C15H24N4O.2ClH/c1-3-19(4-2)14-6-5-13(11-17-14)18-15(20)9-12-7-8-16-10-12;;/h5-6,11-12,16H,3-4,7-10H2,1-2H3,(H,18,20);2*1H. The fourth-order valence-electron chi connectivity index (χ4n) is 2.56. The number of carbonyl (C=O) groups is 1. The fourth-order valence-corrected chi connectivity index (χ4v) is 2.56. The summed E-state index contributed by atoms with van der Waals surface area (Å²) >= 11 is 0. The molecule has 5 nitrogen and oxygen atoms in total. The molecule has 1 unspecified atom stereocenters. The van der Waals surface area contributed by atoms with E-state index in [9.17, 15) is 4.79 Å². The molecule has 1 aromatic rings. The summed E-state index contributed by atoms with van der Waals surface area (Å²) in [4.78, 5) is 18.5. The molecule has 1 aliphatic rings. The van der Waals surface area contributed by atoms with Crippen LogP contribution in [0.3, 0.4) is 0 Å². The van der Waals surface area contributed by atoms with Crippen molar-refractivity contribution in [1.29, 1.82) is 0 Å². The molecule has 2 rings (SSSR count). The third kappa shape index (κ3) is 5.99. The van der Waals surface area contributed by atoms with Gasteiger partial charge in [0.15, 0.2) is 0 Å². The van der Waals surface area contributed by atoms with E-state index in [1.165, 1.54) is 0 Å². The molecule has 0 spiro atoms. The maximum Gasteiger partial charge on any atom is 0.224 e. The van der Waals surface area contributed by atoms with E-state index in [4.69, 9.17) is 0 Å². The van der Waals surface area contributed by atoms with Crippen LogP contribution in [0.15, 0.2) is 18.3 Å². The molecule has 0 radical (unpaired) electrons. The van der Waals surface area contributed by atoms with Crippen molar-refractivity contribution in [3.05, 3.63) is 18.3 Å². The van der Waals surface area contributed by atoms with E-state index in [1.807, 2.05) is 12.1 Å². The van der Waals surface area contributed by atoms with Gasteiger partial charge in [-0.2, -0.15) is 0 Å². The Labute approximate surface area is 145 Å². The van der Waals surface area contributed by atoms with Crippen molar-refractivity contribution in [2.24, 2.45) is 5.92 Å². The molecule has 1 amide bonds. The van der Waals surface area contributed by atoms with Crippen molar-refractivity contribution in [3.8, 4) is 0 Å². The predicted molar refractivity (Wildman–Crippen MR) is 96.5 cm³/mol. The van der Waals surface area contributed by atoms with Gasteiger partial charge in [0.2, 0.25) is 5.91 Å². The number of carbonyl (C=O) groups excluding carboxylic acids is 1. The zero-order chi connectivity index (χ0) is 14.4. The number of nitrogens with zero attached hydrogens (tertiary/aromatic N) is 2. The van der Waals surface area contributed by atoms with Crippen LogP contribution in [0.5, 0.6) is 0 Å². The van der Waals surface area contributed by atoms with Gasteiger partial charge < -0.3 is 15.5 Å². The normalized spacial score (nSPS) is 16.4. The molecule has 7 heteroatoms. The van der Waals surface area contributed by atoms with E-state index < -0.39 is 0 Å². The molecule has 22 heavy (non-hydrogen) atoms. The van der Waals surface area contributed by atoms with Gasteiger partial charge in [-0.1, -0.05) is 0 Å². The topological polar surface area (TPSA) is 57.3 Å². The van der Waals surface area contributed by atoms with Crippen LogP contribution in [0.4, 0.5) is 11.5 Å². The number of hydrogen-bond acceptors (Lipinski definition) is 4. The lowest BCUT2D eigenvalue weighted by atomic mass is 10.0. The third-order valence-electron chi connectivity index (χ3n) is 3.76. The second kappa shape index (κ2) is 10.6. The van der Waals surface area contributed by atoms with Crippen LogP contribution in [-0.4, -0.2) is 37.1 Å². The van der Waals surface area contributed by atoms with Crippen LogP contribution in [0.2, 0.25) is 0 Å². The number of nitrogens with one attached hydrogen (secondary N) is 2. The average Bonchev–Trinajstić information content (AvgIpc) is 2.94. The zero-order valence-corrected chi connectivity index (χ0v) is 14.8. The van der Waals surface area contributed by atoms with E-state index in [-0.39, 0.29) is 30.7 Å². The molecule has 2 N–H and O–H groups in total. The minimum absolute atomic E-state index is 0. The van der Waals surface area contributed by atoms with Gasteiger partial charge in [-0.3, -0.25) is 4.79 Å². The van der Waals surface area contributed by atoms with Crippen molar-refractivity contribution < 1.29 is 4.79 Å². The lowest BCUT2D eigenvalue weighted by Gasteiger charge is -2.19. The van der Waals surface area contributed by atoms with Gasteiger partial charge in [-0.25, -0.2) is 4.98 Å². The highest BCUT2D eigenvalue weighted by molar-refractivity contribution is 5.90. The van der Waals surface area contributed by atoms with Crippen molar-refractivity contribution in [2.75, 3.05) is 36.4 Å². The van der Waals surface area contributed by atoms with E-state index in [0.717, 1.165) is 44.1 Å². The Morgan fingerprint density at radius 2 is 2.09 bits per heavy atom. The van der Waals surface area contributed by atoms with Crippen LogP contribution < -0.4 is 15.5 Å². The van der Waals surface area contributed by atoms with Crippen molar-refractivity contribution in [1.82, 2.24) is 10.3 Å². The summed E-state index contributed by atoms with van der Waals surface area (Å²) in [6.07, 6.45) is 3.41. The quantitative estimate of drug-likeness (QED) is 0.829. The average molecular weight is 349 g/mol. The Morgan fingerprint density at radius 3 is 2.59 bits per heavy atom. The maximum absolute atomic E-state index is 11.9. The van der Waals surface area contributed by atoms with E-state index in [0.29, 0.717) is 12.3 Å². The summed E-state index contributed by atoms with van der Waals surface area (Å²) in [6, 6.07) is 3.88. The van der Waals surface area contributed by atoms with Gasteiger partial charge in [0.1, 0.15) is 5.82 Å². The van der Waals surface area contributed by atoms with Crippen LogP contribution in [0, 0.1) is 5.92 Å². The zero-order valence-electron chi connectivity index (χ0n) is 13.2. The Kier molecular flexibility index (Phi) is 10.1. The lowest BCUT2D eigenvalue weighted by Crippen LogP contribution is -2.23. The van der Waals surface area contributed by atoms with Gasteiger partial charge in [0.25, 0.3) is 0 Å². The first-order chi connectivity index (χ1) is 9.72. The number of rotatable bonds is 6. The number of pyridine rings is 1. The molecular formula is C15H26Cl2N4O. The molecule has 0 aliphatic carbocycles. The molecule has 0 aromatic carbocycles. The summed E-state index contributed by atoms with van der Waals surface area (Å²) in [7, 11) is 0. The second-order valence-electron chi connectivity index (χ2n) is 5.19. The molecular weight excluding hydrogens is 323 g/mol. The molecule has 0 bridgehead atoms. The maximum atomic E-state index is 11.9. The van der Waals surface area contributed by atoms with Gasteiger partial charge >= 0.3 is 0 Å². The van der Waals surface area contributed by atoms with Crippen LogP contribution in [-0.2, 0) is 4.79 Å². The highest BCUT2D eigenvalue weighted by atomic mass is 35.5. The summed E-state index contributed by atoms with van der Waals surface area (Å²) in [5.41, 5.74) is 0.775. The Balaban J connectivity index is 0.00000220. The van der Waals surface area contributed by atoms with E-state index in [2.05, 4.69) is 34.4 Å². The highest BCUT2D eigenvalue weighted by Gasteiger charge is 2.18. The molecule has 0 saturated carbocycles. The predicted octanol–water partition coefficient (Wildman–Crippen LogP) is 2.71. The Bertz CT molecular complexity index is 432. The molecule has 1 saturated heterocycles. The molecule has 1 atom stereocenters. The second-order valence-corrected chi connectivity index (χ2v) is 5.19. The van der Waals surface area contributed by atoms with Crippen molar-refractivity contribution in [3.63, 3.8) is 0 Å². The first kappa shape index (κ1) is 21.0. The van der Waals surface area contributed by atoms with E-state index in [1.54, 1.807) is 6.20 Å². The fraction of sp³-hybridized carbons (Fsp3) is 0.600. The number of aromatic nitrogens is 1. The van der Waals surface area contributed by atoms with E-state index >= 15 is 0 Å². The van der Waals surface area contributed by atoms with Crippen LogP contribution in [0.1, 0.15) is 26.7 Å². The van der Waals surface area contributed by atoms with Crippen LogP contribution >= 0.6 is 24.8 Å². The number of amides is 1. The van der Waals surface area contributed by atoms with Gasteiger partial charge in [-0.05, 0) is 51.4 Å². The molecule has 2 heterocycles. The lowest BCUT2D eigenvalue weighted by molar-refractivity contribution is -0.116. The minimum Gasteiger partial charge on any atom is -0.357 e. The number of anilines is 2. The summed E-state index contributed by atoms with van der Waals surface area (Å²) in [6.45, 7) is 8.06. The number of halogens is 2. The molecule has 1 aliphatic heterocycles.